The quantitative estimate of drug-likeness (QED) is 0.600. The lowest BCUT2D eigenvalue weighted by atomic mass is 9.91. The Morgan fingerprint density at radius 3 is 1.84 bits per heavy atom. The Bertz CT molecular complexity index is 333. The zero-order chi connectivity index (χ0) is 15.1. The maximum atomic E-state index is 11.6. The topological polar surface area (TPSA) is 87.3 Å². The van der Waals surface area contributed by atoms with Gasteiger partial charge in [-0.05, 0) is 0 Å². The molecule has 0 aliphatic rings. The lowest BCUT2D eigenvalue weighted by Gasteiger charge is -2.16. The average Bonchev–Trinajstić information content (AvgIpc) is 2.29. The summed E-state index contributed by atoms with van der Waals surface area (Å²) in [5.74, 6) is -0.657. The van der Waals surface area contributed by atoms with Crippen molar-refractivity contribution in [1.29, 1.82) is 0 Å². The summed E-state index contributed by atoms with van der Waals surface area (Å²) in [4.78, 5) is 34.3. The van der Waals surface area contributed by atoms with E-state index in [1.54, 1.807) is 20.8 Å². The molecule has 6 nitrogen and oxygen atoms in total. The number of Topliss-reactive ketones (excluding diaryl/α,β-unsaturated/α-hetero) is 1. The van der Waals surface area contributed by atoms with E-state index >= 15 is 0 Å². The molecule has 0 rings (SSSR count). The number of carbonyl (C=O) groups is 3. The fourth-order valence-electron chi connectivity index (χ4n) is 1.04. The van der Waals surface area contributed by atoms with Crippen molar-refractivity contribution in [1.82, 2.24) is 16.0 Å². The number of carbonyl (C=O) groups excluding carboxylic acids is 3. The van der Waals surface area contributed by atoms with Crippen LogP contribution in [-0.2, 0) is 14.4 Å². The molecular formula is C13H25N3O3. The second-order valence-corrected chi connectivity index (χ2v) is 5.76. The van der Waals surface area contributed by atoms with E-state index in [-0.39, 0.29) is 43.3 Å². The van der Waals surface area contributed by atoms with Gasteiger partial charge in [0.1, 0.15) is 0 Å². The molecule has 0 aromatic heterocycles. The Morgan fingerprint density at radius 2 is 1.37 bits per heavy atom. The third-order valence-electron chi connectivity index (χ3n) is 2.40. The van der Waals surface area contributed by atoms with Crippen LogP contribution in [0.1, 0.15) is 34.6 Å². The SMILES string of the molecule is CC(C)NCC(=O)NCC(=O)NCC(=O)C(C)(C)C. The number of hydrogen-bond acceptors (Lipinski definition) is 4. The highest BCUT2D eigenvalue weighted by atomic mass is 16.2. The Labute approximate surface area is 114 Å². The van der Waals surface area contributed by atoms with Crippen LogP contribution >= 0.6 is 0 Å². The van der Waals surface area contributed by atoms with Crippen LogP contribution in [0.3, 0.4) is 0 Å². The highest BCUT2D eigenvalue weighted by Crippen LogP contribution is 2.13. The number of rotatable bonds is 7. The first kappa shape index (κ1) is 17.6. The van der Waals surface area contributed by atoms with Crippen LogP contribution in [0.15, 0.2) is 0 Å². The van der Waals surface area contributed by atoms with Crippen LogP contribution in [0.4, 0.5) is 0 Å². The monoisotopic (exact) mass is 271 g/mol. The smallest absolute Gasteiger partial charge is 0.239 e. The predicted molar refractivity (Wildman–Crippen MR) is 73.6 cm³/mol. The molecule has 6 heteroatoms. The first-order valence-corrected chi connectivity index (χ1v) is 6.43. The molecule has 2 amide bonds. The van der Waals surface area contributed by atoms with Crippen molar-refractivity contribution in [2.45, 2.75) is 40.7 Å². The lowest BCUT2D eigenvalue weighted by molar-refractivity contribution is -0.129. The normalized spacial score (nSPS) is 11.3. The van der Waals surface area contributed by atoms with Gasteiger partial charge in [-0.3, -0.25) is 14.4 Å². The van der Waals surface area contributed by atoms with Crippen LogP contribution < -0.4 is 16.0 Å². The molecule has 19 heavy (non-hydrogen) atoms. The molecule has 0 aliphatic carbocycles. The minimum atomic E-state index is -0.474. The Hall–Kier alpha value is -1.43. The molecule has 0 aromatic rings. The molecule has 0 bridgehead atoms. The molecular weight excluding hydrogens is 246 g/mol. The van der Waals surface area contributed by atoms with Gasteiger partial charge in [0, 0.05) is 11.5 Å². The summed E-state index contributed by atoms with van der Waals surface area (Å²) in [7, 11) is 0. The third kappa shape index (κ3) is 9.18. The summed E-state index contributed by atoms with van der Waals surface area (Å²) in [6.45, 7) is 9.28. The molecule has 3 N–H and O–H groups in total. The minimum Gasteiger partial charge on any atom is -0.347 e. The lowest BCUT2D eigenvalue weighted by Crippen LogP contribution is -2.44. The molecule has 0 aliphatic heterocycles. The number of nitrogens with one attached hydrogen (secondary N) is 3. The molecule has 0 heterocycles. The van der Waals surface area contributed by atoms with Gasteiger partial charge in [-0.2, -0.15) is 0 Å². The van der Waals surface area contributed by atoms with Crippen LogP contribution in [0.2, 0.25) is 0 Å². The van der Waals surface area contributed by atoms with Gasteiger partial charge in [0.25, 0.3) is 0 Å². The van der Waals surface area contributed by atoms with Crippen molar-refractivity contribution >= 4 is 17.6 Å². The van der Waals surface area contributed by atoms with Gasteiger partial charge < -0.3 is 16.0 Å². The molecule has 0 atom stereocenters. The zero-order valence-corrected chi connectivity index (χ0v) is 12.4. The van der Waals surface area contributed by atoms with Crippen molar-refractivity contribution in [2.24, 2.45) is 5.41 Å². The summed E-state index contributed by atoms with van der Waals surface area (Å²) in [5, 5.41) is 7.90. The molecule has 0 fully saturated rings. The summed E-state index contributed by atoms with van der Waals surface area (Å²) in [6.07, 6.45) is 0. The van der Waals surface area contributed by atoms with Gasteiger partial charge >= 0.3 is 0 Å². The van der Waals surface area contributed by atoms with E-state index in [9.17, 15) is 14.4 Å². The van der Waals surface area contributed by atoms with Crippen molar-refractivity contribution in [3.05, 3.63) is 0 Å². The van der Waals surface area contributed by atoms with E-state index in [1.807, 2.05) is 13.8 Å². The molecule has 110 valence electrons. The fourth-order valence-corrected chi connectivity index (χ4v) is 1.04. The standard InChI is InChI=1S/C13H25N3O3/c1-9(2)14-7-11(18)16-8-12(19)15-6-10(17)13(3,4)5/h9,14H,6-8H2,1-5H3,(H,15,19)(H,16,18). The van der Waals surface area contributed by atoms with E-state index in [0.717, 1.165) is 0 Å². The van der Waals surface area contributed by atoms with Gasteiger partial charge in [0.2, 0.25) is 11.8 Å². The van der Waals surface area contributed by atoms with E-state index in [4.69, 9.17) is 0 Å². The Balaban J connectivity index is 3.82. The van der Waals surface area contributed by atoms with Crippen LogP contribution in [0.25, 0.3) is 0 Å². The zero-order valence-electron chi connectivity index (χ0n) is 12.4. The molecule has 0 radical (unpaired) electrons. The molecule has 0 saturated carbocycles. The predicted octanol–water partition coefficient (Wildman–Crippen LogP) is -0.168. The molecule has 0 aromatic carbocycles. The van der Waals surface area contributed by atoms with E-state index in [1.165, 1.54) is 0 Å². The van der Waals surface area contributed by atoms with Crippen LogP contribution in [0, 0.1) is 5.41 Å². The fraction of sp³-hybridized carbons (Fsp3) is 0.769. The highest BCUT2D eigenvalue weighted by molar-refractivity contribution is 5.91. The van der Waals surface area contributed by atoms with Gasteiger partial charge in [-0.25, -0.2) is 0 Å². The number of amides is 2. The largest absolute Gasteiger partial charge is 0.347 e. The number of hydrogen-bond donors (Lipinski definition) is 3. The molecule has 0 saturated heterocycles. The van der Waals surface area contributed by atoms with Gasteiger partial charge in [-0.15, -0.1) is 0 Å². The van der Waals surface area contributed by atoms with Gasteiger partial charge in [-0.1, -0.05) is 34.6 Å². The van der Waals surface area contributed by atoms with Crippen molar-refractivity contribution in [3.63, 3.8) is 0 Å². The maximum Gasteiger partial charge on any atom is 0.239 e. The van der Waals surface area contributed by atoms with Gasteiger partial charge in [0.05, 0.1) is 19.6 Å². The van der Waals surface area contributed by atoms with E-state index in [2.05, 4.69) is 16.0 Å². The third-order valence-corrected chi connectivity index (χ3v) is 2.40. The molecule has 0 spiro atoms. The second kappa shape index (κ2) is 7.89. The van der Waals surface area contributed by atoms with E-state index < -0.39 is 5.41 Å². The maximum absolute atomic E-state index is 11.6. The summed E-state index contributed by atoms with van der Waals surface area (Å²) < 4.78 is 0. The van der Waals surface area contributed by atoms with E-state index in [0.29, 0.717) is 0 Å². The second-order valence-electron chi connectivity index (χ2n) is 5.76. The summed E-state index contributed by atoms with van der Waals surface area (Å²) in [5.41, 5.74) is -0.474. The first-order valence-electron chi connectivity index (χ1n) is 6.43. The highest BCUT2D eigenvalue weighted by Gasteiger charge is 2.21. The van der Waals surface area contributed by atoms with Crippen molar-refractivity contribution < 1.29 is 14.4 Å². The Kier molecular flexibility index (Phi) is 7.29. The minimum absolute atomic E-state index is 0.0115. The van der Waals surface area contributed by atoms with Crippen LogP contribution in [0.5, 0.6) is 0 Å². The van der Waals surface area contributed by atoms with Crippen molar-refractivity contribution in [3.8, 4) is 0 Å². The first-order chi connectivity index (χ1) is 8.62. The van der Waals surface area contributed by atoms with Crippen molar-refractivity contribution in [2.75, 3.05) is 19.6 Å². The Morgan fingerprint density at radius 1 is 0.895 bits per heavy atom. The summed E-state index contributed by atoms with van der Waals surface area (Å²) in [6, 6.07) is 0.212. The average molecular weight is 271 g/mol. The number of ketones is 1. The molecule has 0 unspecified atom stereocenters. The summed E-state index contributed by atoms with van der Waals surface area (Å²) >= 11 is 0. The van der Waals surface area contributed by atoms with Gasteiger partial charge in [0.15, 0.2) is 5.78 Å². The van der Waals surface area contributed by atoms with Crippen LogP contribution in [-0.4, -0.2) is 43.3 Å².